The maximum Gasteiger partial charge on any atom is 1.00 e. The van der Waals surface area contributed by atoms with Crippen molar-refractivity contribution in [1.82, 2.24) is 0 Å². The Hall–Kier alpha value is -7.50. The van der Waals surface area contributed by atoms with Crippen LogP contribution in [-0.2, 0) is 31.4 Å². The minimum absolute atomic E-state index is 0. The van der Waals surface area contributed by atoms with Crippen LogP contribution in [0.1, 0.15) is 54.1 Å². The van der Waals surface area contributed by atoms with E-state index in [2.05, 4.69) is 48.4 Å². The first-order valence-corrected chi connectivity index (χ1v) is 31.6. The first-order chi connectivity index (χ1) is 44.4. The molecule has 10 rings (SSSR count). The van der Waals surface area contributed by atoms with E-state index in [0.717, 1.165) is 58.9 Å². The number of carboxylic acid groups (broad SMARTS) is 2. The Kier molecular flexibility index (Phi) is 26.1. The molecule has 0 aromatic heterocycles. The van der Waals surface area contributed by atoms with Gasteiger partial charge in [0.15, 0.2) is 4.90 Å². The SMILES string of the molecule is Cc1cc(C)c(Nc2cc3oc4cc(=[NH+]c5c(C)cc(C)c(NC(=O)Nc6ccc(O)c(C(=O)[O-])c6)c5C)c(S(=O)(=O)Nc5ccc(O)c(C(=O)[O-])c5)cc-4c(-c4ccccc4S(=O)(=O)[O-])c3cc2N(c2c[c-]c(O)cc2)S(=O)[O-])c(C)c1NC(=O)Nc1c[c-]c(O)cc1.[Na+].[Na+].[Na+].[Na+]. The van der Waals surface area contributed by atoms with Crippen molar-refractivity contribution in [3.05, 3.63) is 195 Å². The third-order valence-corrected chi connectivity index (χ3v) is 18.0. The molecule has 0 spiro atoms. The topological polar surface area (TPSA) is 429 Å². The van der Waals surface area contributed by atoms with Crippen molar-refractivity contribution in [3.63, 3.8) is 0 Å². The molecule has 33 heteroatoms. The molecule has 1 aliphatic carbocycles. The van der Waals surface area contributed by atoms with Gasteiger partial charge in [-0.15, -0.1) is 42.5 Å². The van der Waals surface area contributed by atoms with Crippen LogP contribution in [0.2, 0.25) is 0 Å². The van der Waals surface area contributed by atoms with E-state index in [0.29, 0.717) is 39.2 Å². The maximum absolute atomic E-state index is 15.3. The van der Waals surface area contributed by atoms with Crippen LogP contribution >= 0.6 is 0 Å². The molecule has 1 heterocycles. The maximum atomic E-state index is 15.3. The first-order valence-electron chi connectivity index (χ1n) is 27.7. The summed E-state index contributed by atoms with van der Waals surface area (Å²) in [6, 6.07) is 30.3. The molecular formula is C65H51N8Na4O18S3-. The third kappa shape index (κ3) is 17.2. The minimum Gasteiger partial charge on any atom is -0.755 e. The molecule has 0 radical (unpaired) electrons. The molecular weight excluding hydrogens is 1370 g/mol. The van der Waals surface area contributed by atoms with Crippen molar-refractivity contribution in [2.75, 3.05) is 35.6 Å². The van der Waals surface area contributed by atoms with E-state index in [4.69, 9.17) is 4.42 Å². The monoisotopic (exact) mass is 1420 g/mol. The second-order valence-corrected chi connectivity index (χ2v) is 25.2. The molecule has 8 aromatic carbocycles. The molecule has 1 atom stereocenters. The van der Waals surface area contributed by atoms with Gasteiger partial charge in [-0.3, -0.25) is 8.93 Å². The molecule has 482 valence electrons. The van der Waals surface area contributed by atoms with Gasteiger partial charge in [0, 0.05) is 90.2 Å². The van der Waals surface area contributed by atoms with E-state index in [1.807, 2.05) is 0 Å². The van der Waals surface area contributed by atoms with Crippen molar-refractivity contribution in [2.45, 2.75) is 51.3 Å². The Labute approximate surface area is 651 Å². The van der Waals surface area contributed by atoms with Crippen LogP contribution in [0, 0.1) is 53.7 Å². The summed E-state index contributed by atoms with van der Waals surface area (Å²) in [7, 11) is -10.6. The molecule has 0 fully saturated rings. The Balaban J connectivity index is 0.00000379. The number of hydrogen-bond acceptors (Lipinski definition) is 19. The van der Waals surface area contributed by atoms with Crippen LogP contribution in [0.3, 0.4) is 0 Å². The fraction of sp³-hybridized carbons (Fsp3) is 0.0923. The van der Waals surface area contributed by atoms with E-state index < -0.39 is 93.5 Å². The summed E-state index contributed by atoms with van der Waals surface area (Å²) in [6.07, 6.45) is 0. The van der Waals surface area contributed by atoms with Gasteiger partial charge in [0.1, 0.15) is 33.0 Å². The van der Waals surface area contributed by atoms with Crippen molar-refractivity contribution in [2.24, 2.45) is 0 Å². The number of benzene rings is 9. The number of phenols is 4. The van der Waals surface area contributed by atoms with Crippen molar-refractivity contribution in [1.29, 1.82) is 0 Å². The van der Waals surface area contributed by atoms with Gasteiger partial charge in [0.2, 0.25) is 11.0 Å². The van der Waals surface area contributed by atoms with E-state index in [1.165, 1.54) is 66.7 Å². The molecule has 0 bridgehead atoms. The number of urea groups is 2. The van der Waals surface area contributed by atoms with Crippen LogP contribution in [-0.4, -0.2) is 74.6 Å². The minimum atomic E-state index is -5.46. The summed E-state index contributed by atoms with van der Waals surface area (Å²) in [5, 5.41) is 77.8. The van der Waals surface area contributed by atoms with Gasteiger partial charge in [-0.05, 0) is 124 Å². The smallest absolute Gasteiger partial charge is 0.755 e. The molecule has 2 aliphatic rings. The number of nitrogens with one attached hydrogen (secondary N) is 7. The van der Waals surface area contributed by atoms with E-state index in [1.54, 1.807) is 53.7 Å². The number of fused-ring (bicyclic) bond motifs is 2. The zero-order valence-electron chi connectivity index (χ0n) is 53.9. The van der Waals surface area contributed by atoms with Gasteiger partial charge in [-0.25, -0.2) is 31.4 Å². The average Bonchev–Trinajstić information content (AvgIpc) is 0.725. The van der Waals surface area contributed by atoms with Crippen molar-refractivity contribution < 1.29 is 208 Å². The van der Waals surface area contributed by atoms with Crippen LogP contribution in [0.15, 0.2) is 148 Å². The molecule has 1 aliphatic heterocycles. The number of carbonyl (C=O) groups excluding carboxylic acids is 4. The van der Waals surface area contributed by atoms with Crippen LogP contribution in [0.5, 0.6) is 23.0 Å². The fourth-order valence-corrected chi connectivity index (χ4v) is 13.3. The Morgan fingerprint density at radius 1 is 0.582 bits per heavy atom. The summed E-state index contributed by atoms with van der Waals surface area (Å²) in [6.45, 7) is 9.99. The largest absolute Gasteiger partial charge is 1.00 e. The number of amides is 4. The summed E-state index contributed by atoms with van der Waals surface area (Å²) in [5.41, 5.74) is 0.714. The second kappa shape index (κ2) is 32.2. The molecule has 0 saturated heterocycles. The van der Waals surface area contributed by atoms with Crippen LogP contribution in [0.25, 0.3) is 33.4 Å². The molecule has 4 amide bonds. The van der Waals surface area contributed by atoms with Gasteiger partial charge in [0.05, 0.1) is 45.7 Å². The molecule has 1 unspecified atom stereocenters. The molecule has 0 saturated carbocycles. The number of carbonyl (C=O) groups is 4. The Bertz CT molecular complexity index is 5140. The number of carboxylic acids is 2. The number of rotatable bonds is 17. The predicted octanol–water partition coefficient (Wildman–Crippen LogP) is -4.80. The fourth-order valence-electron chi connectivity index (χ4n) is 10.8. The number of sulfonamides is 1. The summed E-state index contributed by atoms with van der Waals surface area (Å²) >= 11 is -3.28. The number of phenolic OH excluding ortho intramolecular Hbond substituents is 2. The third-order valence-electron chi connectivity index (χ3n) is 15.0. The number of aryl methyl sites for hydroxylation is 4. The van der Waals surface area contributed by atoms with Crippen LogP contribution in [0.4, 0.5) is 66.5 Å². The van der Waals surface area contributed by atoms with Crippen molar-refractivity contribution >= 4 is 123 Å². The van der Waals surface area contributed by atoms with Gasteiger partial charge >= 0.3 is 130 Å². The predicted molar refractivity (Wildman–Crippen MR) is 340 cm³/mol. The summed E-state index contributed by atoms with van der Waals surface area (Å²) in [5.74, 6) is -5.74. The number of nitrogens with zero attached hydrogens (tertiary/aromatic N) is 1. The van der Waals surface area contributed by atoms with Gasteiger partial charge < -0.3 is 84.6 Å². The van der Waals surface area contributed by atoms with E-state index >= 15 is 8.42 Å². The summed E-state index contributed by atoms with van der Waals surface area (Å²) < 4.78 is 109. The standard InChI is InChI=1S/C65H54N8O18S3.4Na/c1-31-23-33(3)60(70-64(82)66-37-11-17-41(74)18-12-37)35(5)58(31)68-48-29-53-46(27-50(48)73(92(84)85)40-15-19-42(75)20-16-40)57(43-9-7-8-10-55(43)94(88,89)90)47-28-56(93(86,87)72-39-14-22-52(77)45(26-39)63(80)81)49(30-54(47)91-53)69-59-32(2)24-34(4)61(36(59)6)71-65(83)67-38-13-21-51(76)44(25-38)62(78)79;;;;/h7-17,19,21-30,68,72,74-77H,1-6H3,(H,78,79)(H,80,81)(H,84,85)(H2,66,70,82)(H2,67,71,83)(H,88,89,90);;;;/q-2;4*+1/p-3. The number of aromatic carboxylic acids is 2. The quantitative estimate of drug-likeness (QED) is 0.0102. The number of anilines is 9. The van der Waals surface area contributed by atoms with E-state index in [9.17, 15) is 71.5 Å². The van der Waals surface area contributed by atoms with Gasteiger partial charge in [-0.2, -0.15) is 6.07 Å². The summed E-state index contributed by atoms with van der Waals surface area (Å²) in [4.78, 5) is 52.6. The normalized spacial score (nSPS) is 11.6. The second-order valence-electron chi connectivity index (χ2n) is 21.4. The Morgan fingerprint density at radius 2 is 1.12 bits per heavy atom. The van der Waals surface area contributed by atoms with E-state index in [-0.39, 0.29) is 214 Å². The first kappa shape index (κ1) is 79.5. The molecule has 26 nitrogen and oxygen atoms in total. The van der Waals surface area contributed by atoms with Gasteiger partial charge in [0.25, 0.3) is 10.0 Å². The molecule has 8 aromatic rings. The zero-order valence-corrected chi connectivity index (χ0v) is 64.3. The average molecular weight is 1420 g/mol. The number of aromatic hydroxyl groups is 4. The van der Waals surface area contributed by atoms with Crippen molar-refractivity contribution in [3.8, 4) is 45.4 Å². The van der Waals surface area contributed by atoms with Crippen LogP contribution < -0.4 is 174 Å². The molecule has 98 heavy (non-hydrogen) atoms. The zero-order chi connectivity index (χ0) is 68.0. The Morgan fingerprint density at radius 3 is 1.69 bits per heavy atom. The number of hydrogen-bond donors (Lipinski definition) is 11. The van der Waals surface area contributed by atoms with Gasteiger partial charge in [-0.1, -0.05) is 35.6 Å². The molecule has 11 N–H and O–H groups in total.